The fourth-order valence-corrected chi connectivity index (χ4v) is 3.49. The maximum atomic E-state index is 5.64. The number of nitrogens with two attached hydrogens (primary N) is 1. The van der Waals surface area contributed by atoms with Crippen LogP contribution in [0.2, 0.25) is 0 Å². The predicted octanol–water partition coefficient (Wildman–Crippen LogP) is 1.75. The molecule has 2 heterocycles. The topological polar surface area (TPSA) is 74.6 Å². The Morgan fingerprint density at radius 3 is 2.56 bits per heavy atom. The van der Waals surface area contributed by atoms with E-state index in [0.29, 0.717) is 5.95 Å². The van der Waals surface area contributed by atoms with Crippen LogP contribution in [0.5, 0.6) is 0 Å². The van der Waals surface area contributed by atoms with E-state index in [1.165, 1.54) is 0 Å². The highest BCUT2D eigenvalue weighted by molar-refractivity contribution is 9.10. The number of nitrogen functional groups attached to an aromatic ring is 1. The first-order valence-corrected chi connectivity index (χ1v) is 7.30. The predicted molar refractivity (Wildman–Crippen MR) is 75.3 cm³/mol. The Kier molecular flexibility index (Phi) is 3.96. The molecule has 98 valence electrons. The molecular formula is C10H15BrN6S. The van der Waals surface area contributed by atoms with Crippen molar-refractivity contribution in [3.63, 3.8) is 0 Å². The van der Waals surface area contributed by atoms with Crippen molar-refractivity contribution >= 4 is 33.6 Å². The van der Waals surface area contributed by atoms with Crippen LogP contribution in [0.1, 0.15) is 18.3 Å². The van der Waals surface area contributed by atoms with E-state index >= 15 is 0 Å². The molecule has 8 heteroatoms. The highest BCUT2D eigenvalue weighted by atomic mass is 79.9. The molecule has 18 heavy (non-hydrogen) atoms. The van der Waals surface area contributed by atoms with Crippen LogP contribution < -0.4 is 5.73 Å². The highest BCUT2D eigenvalue weighted by Gasteiger charge is 2.14. The van der Waals surface area contributed by atoms with E-state index < -0.39 is 0 Å². The second-order valence-corrected chi connectivity index (χ2v) is 5.61. The van der Waals surface area contributed by atoms with Crippen molar-refractivity contribution in [2.45, 2.75) is 24.3 Å². The zero-order chi connectivity index (χ0) is 13.3. The summed E-state index contributed by atoms with van der Waals surface area (Å²) in [5.74, 6) is 1.20. The maximum absolute atomic E-state index is 5.64. The molecule has 0 aliphatic rings. The number of aromatic nitrogens is 5. The molecular weight excluding hydrogens is 316 g/mol. The molecule has 0 atom stereocenters. The summed E-state index contributed by atoms with van der Waals surface area (Å²) in [6.45, 7) is 2.09. The van der Waals surface area contributed by atoms with E-state index in [1.807, 2.05) is 18.8 Å². The van der Waals surface area contributed by atoms with Gasteiger partial charge in [0.15, 0.2) is 5.16 Å². The van der Waals surface area contributed by atoms with Gasteiger partial charge >= 0.3 is 0 Å². The van der Waals surface area contributed by atoms with Crippen molar-refractivity contribution in [3.05, 3.63) is 15.9 Å². The van der Waals surface area contributed by atoms with E-state index in [1.54, 1.807) is 16.3 Å². The van der Waals surface area contributed by atoms with E-state index in [2.05, 4.69) is 38.1 Å². The van der Waals surface area contributed by atoms with Gasteiger partial charge in [-0.05, 0) is 22.4 Å². The SMILES string of the molecule is CCc1nn(C)c(CSc2nnc(N)n2C)c1Br. The lowest BCUT2D eigenvalue weighted by molar-refractivity contribution is 0.718. The highest BCUT2D eigenvalue weighted by Crippen LogP contribution is 2.28. The summed E-state index contributed by atoms with van der Waals surface area (Å²) in [6, 6.07) is 0. The first-order valence-electron chi connectivity index (χ1n) is 5.52. The molecule has 0 radical (unpaired) electrons. The van der Waals surface area contributed by atoms with Gasteiger partial charge in [0.1, 0.15) is 0 Å². The summed E-state index contributed by atoms with van der Waals surface area (Å²) in [5, 5.41) is 13.1. The second kappa shape index (κ2) is 5.31. The van der Waals surface area contributed by atoms with Crippen molar-refractivity contribution in [2.75, 3.05) is 5.73 Å². The molecule has 6 nitrogen and oxygen atoms in total. The second-order valence-electron chi connectivity index (χ2n) is 3.87. The molecule has 0 saturated heterocycles. The van der Waals surface area contributed by atoms with Crippen LogP contribution in [-0.4, -0.2) is 24.5 Å². The molecule has 2 rings (SSSR count). The minimum Gasteiger partial charge on any atom is -0.368 e. The van der Waals surface area contributed by atoms with Crippen LogP contribution >= 0.6 is 27.7 Å². The van der Waals surface area contributed by atoms with E-state index in [9.17, 15) is 0 Å². The van der Waals surface area contributed by atoms with Crippen LogP contribution in [0, 0.1) is 0 Å². The molecule has 0 aliphatic carbocycles. The minimum atomic E-state index is 0.427. The molecule has 0 unspecified atom stereocenters. The lowest BCUT2D eigenvalue weighted by Crippen LogP contribution is -2.00. The number of anilines is 1. The van der Waals surface area contributed by atoms with Gasteiger partial charge in [0, 0.05) is 19.8 Å². The third-order valence-electron chi connectivity index (χ3n) is 2.71. The normalized spacial score (nSPS) is 11.1. The van der Waals surface area contributed by atoms with Gasteiger partial charge in [0.05, 0.1) is 15.9 Å². The molecule has 0 aromatic carbocycles. The molecule has 0 bridgehead atoms. The van der Waals surface area contributed by atoms with Gasteiger partial charge < -0.3 is 5.73 Å². The van der Waals surface area contributed by atoms with Gasteiger partial charge in [0.25, 0.3) is 0 Å². The quantitative estimate of drug-likeness (QED) is 0.864. The third kappa shape index (κ3) is 2.39. The van der Waals surface area contributed by atoms with Gasteiger partial charge in [-0.3, -0.25) is 9.25 Å². The monoisotopic (exact) mass is 330 g/mol. The van der Waals surface area contributed by atoms with Crippen LogP contribution in [0.15, 0.2) is 9.63 Å². The van der Waals surface area contributed by atoms with Gasteiger partial charge in [-0.1, -0.05) is 18.7 Å². The van der Waals surface area contributed by atoms with E-state index in [4.69, 9.17) is 5.73 Å². The summed E-state index contributed by atoms with van der Waals surface area (Å²) in [4.78, 5) is 0. The van der Waals surface area contributed by atoms with Gasteiger partial charge in [-0.15, -0.1) is 10.2 Å². The summed E-state index contributed by atoms with van der Waals surface area (Å²) >= 11 is 5.19. The Morgan fingerprint density at radius 2 is 2.06 bits per heavy atom. The number of thioether (sulfide) groups is 1. The van der Waals surface area contributed by atoms with Crippen molar-refractivity contribution in [1.82, 2.24) is 24.5 Å². The Labute approximate surface area is 118 Å². The molecule has 0 fully saturated rings. The first-order chi connectivity index (χ1) is 8.54. The van der Waals surface area contributed by atoms with Crippen LogP contribution in [-0.2, 0) is 26.3 Å². The fraction of sp³-hybridized carbons (Fsp3) is 0.500. The molecule has 0 saturated carbocycles. The molecule has 0 aliphatic heterocycles. The van der Waals surface area contributed by atoms with Crippen molar-refractivity contribution < 1.29 is 0 Å². The fourth-order valence-electron chi connectivity index (χ4n) is 1.56. The average molecular weight is 331 g/mol. The Morgan fingerprint density at radius 1 is 1.33 bits per heavy atom. The molecule has 2 aromatic heterocycles. The van der Waals surface area contributed by atoms with E-state index in [-0.39, 0.29) is 0 Å². The van der Waals surface area contributed by atoms with Crippen molar-refractivity contribution in [3.8, 4) is 0 Å². The first kappa shape index (κ1) is 13.4. The summed E-state index contributed by atoms with van der Waals surface area (Å²) in [7, 11) is 3.80. The van der Waals surface area contributed by atoms with Crippen LogP contribution in [0.3, 0.4) is 0 Å². The van der Waals surface area contributed by atoms with Gasteiger partial charge in [0.2, 0.25) is 5.95 Å². The summed E-state index contributed by atoms with van der Waals surface area (Å²) in [5.41, 5.74) is 7.86. The zero-order valence-electron chi connectivity index (χ0n) is 10.5. The Balaban J connectivity index is 2.15. The number of halogens is 1. The minimum absolute atomic E-state index is 0.427. The number of rotatable bonds is 4. The van der Waals surface area contributed by atoms with Gasteiger partial charge in [-0.2, -0.15) is 5.10 Å². The number of aryl methyl sites for hydroxylation is 2. The van der Waals surface area contributed by atoms with Crippen LogP contribution in [0.25, 0.3) is 0 Å². The number of nitrogens with zero attached hydrogens (tertiary/aromatic N) is 5. The van der Waals surface area contributed by atoms with Crippen molar-refractivity contribution in [1.29, 1.82) is 0 Å². The molecule has 2 aromatic rings. The Bertz CT molecular complexity index is 561. The zero-order valence-corrected chi connectivity index (χ0v) is 12.9. The molecule has 2 N–H and O–H groups in total. The standard InChI is InChI=1S/C10H15BrN6S/c1-4-6-8(11)7(17(3)15-6)5-18-10-14-13-9(12)16(10)2/h4-5H2,1-3H3,(H2,12,13). The maximum Gasteiger partial charge on any atom is 0.222 e. The smallest absolute Gasteiger partial charge is 0.222 e. The van der Waals surface area contributed by atoms with Crippen LogP contribution in [0.4, 0.5) is 5.95 Å². The lowest BCUT2D eigenvalue weighted by atomic mass is 10.3. The molecule has 0 spiro atoms. The number of hydrogen-bond acceptors (Lipinski definition) is 5. The van der Waals surface area contributed by atoms with Gasteiger partial charge in [-0.25, -0.2) is 0 Å². The molecule has 0 amide bonds. The summed E-state index contributed by atoms with van der Waals surface area (Å²) in [6.07, 6.45) is 0.913. The third-order valence-corrected chi connectivity index (χ3v) is 4.66. The Hall–Kier alpha value is -1.02. The lowest BCUT2D eigenvalue weighted by Gasteiger charge is -2.03. The average Bonchev–Trinajstić information content (AvgIpc) is 2.80. The largest absolute Gasteiger partial charge is 0.368 e. The number of hydrogen-bond donors (Lipinski definition) is 1. The van der Waals surface area contributed by atoms with Crippen molar-refractivity contribution in [2.24, 2.45) is 14.1 Å². The van der Waals surface area contributed by atoms with E-state index in [0.717, 1.165) is 33.2 Å². The summed E-state index contributed by atoms with van der Waals surface area (Å²) < 4.78 is 4.75.